The number of nitrogens with zero attached hydrogens (tertiary/aromatic N) is 1. The molecule has 2 bridgehead atoms. The van der Waals surface area contributed by atoms with Crippen LogP contribution in [-0.2, 0) is 14.3 Å². The van der Waals surface area contributed by atoms with E-state index in [0.717, 1.165) is 12.8 Å². The Morgan fingerprint density at radius 3 is 2.70 bits per heavy atom. The summed E-state index contributed by atoms with van der Waals surface area (Å²) in [6, 6.07) is 7.16. The van der Waals surface area contributed by atoms with Crippen LogP contribution in [0.4, 0.5) is 0 Å². The van der Waals surface area contributed by atoms with E-state index < -0.39 is 18.0 Å². The van der Waals surface area contributed by atoms with E-state index in [9.17, 15) is 9.59 Å². The Balaban J connectivity index is 1.81. The van der Waals surface area contributed by atoms with Gasteiger partial charge in [0.05, 0.1) is 17.7 Å². The van der Waals surface area contributed by atoms with Crippen molar-refractivity contribution in [2.24, 2.45) is 5.92 Å². The Bertz CT molecular complexity index is 620. The zero-order valence-corrected chi connectivity index (χ0v) is 14.0. The van der Waals surface area contributed by atoms with Gasteiger partial charge in [0, 0.05) is 18.5 Å². The molecule has 4 atom stereocenters. The first-order chi connectivity index (χ1) is 11.0. The molecule has 2 heterocycles. The van der Waals surface area contributed by atoms with E-state index in [2.05, 4.69) is 4.90 Å². The fraction of sp³-hybridized carbons (Fsp3) is 0.529. The summed E-state index contributed by atoms with van der Waals surface area (Å²) < 4.78 is 10.6. The number of carbonyl (C=O) groups excluding carboxylic acids is 2. The summed E-state index contributed by atoms with van der Waals surface area (Å²) >= 11 is 6.06. The van der Waals surface area contributed by atoms with Crippen LogP contribution in [0, 0.1) is 5.92 Å². The van der Waals surface area contributed by atoms with Gasteiger partial charge in [-0.2, -0.15) is 0 Å². The first-order valence-corrected chi connectivity index (χ1v) is 8.16. The number of hydrogen-bond acceptors (Lipinski definition) is 5. The maximum atomic E-state index is 12.4. The van der Waals surface area contributed by atoms with E-state index in [0.29, 0.717) is 23.0 Å². The Morgan fingerprint density at radius 1 is 1.26 bits per heavy atom. The fourth-order valence-electron chi connectivity index (χ4n) is 3.81. The zero-order valence-electron chi connectivity index (χ0n) is 13.2. The molecule has 2 aliphatic rings. The lowest BCUT2D eigenvalue weighted by atomic mass is 9.87. The molecule has 0 N–H and O–H groups in total. The Morgan fingerprint density at radius 2 is 2.00 bits per heavy atom. The summed E-state index contributed by atoms with van der Waals surface area (Å²) in [5.41, 5.74) is 0.323. The molecular weight excluding hydrogens is 318 g/mol. The molecule has 4 unspecified atom stereocenters. The van der Waals surface area contributed by atoms with Gasteiger partial charge >= 0.3 is 11.9 Å². The standard InChI is InChI=1S/C17H20ClNO4/c1-19-10-7-8-13(19)15(17(21)22-2)14(9-10)23-16(20)11-5-3-4-6-12(11)18/h3-6,10,13-15H,7-9H2,1-2H3. The van der Waals surface area contributed by atoms with Gasteiger partial charge in [-0.3, -0.25) is 9.69 Å². The van der Waals surface area contributed by atoms with Crippen LogP contribution in [0.1, 0.15) is 29.6 Å². The SMILES string of the molecule is COC(=O)C1C(OC(=O)c2ccccc2Cl)CC2CCC1N2C. The van der Waals surface area contributed by atoms with Gasteiger partial charge in [0.25, 0.3) is 0 Å². The molecule has 0 spiro atoms. The smallest absolute Gasteiger partial charge is 0.339 e. The quantitative estimate of drug-likeness (QED) is 0.793. The topological polar surface area (TPSA) is 55.8 Å². The normalized spacial score (nSPS) is 30.0. The largest absolute Gasteiger partial charge is 0.469 e. The maximum absolute atomic E-state index is 12.4. The van der Waals surface area contributed by atoms with Crippen molar-refractivity contribution in [2.75, 3.05) is 14.2 Å². The van der Waals surface area contributed by atoms with Gasteiger partial charge in [0.15, 0.2) is 0 Å². The summed E-state index contributed by atoms with van der Waals surface area (Å²) in [7, 11) is 3.39. The molecule has 1 aromatic rings. The third-order valence-electron chi connectivity index (χ3n) is 5.04. The summed E-state index contributed by atoms with van der Waals surface area (Å²) in [6.07, 6.45) is 2.10. The molecule has 2 saturated heterocycles. The number of benzene rings is 1. The number of ether oxygens (including phenoxy) is 2. The van der Waals surface area contributed by atoms with E-state index in [-0.39, 0.29) is 12.0 Å². The van der Waals surface area contributed by atoms with Gasteiger partial charge in [-0.15, -0.1) is 0 Å². The summed E-state index contributed by atoms with van der Waals surface area (Å²) in [4.78, 5) is 26.9. The predicted octanol–water partition coefficient (Wildman–Crippen LogP) is 2.52. The first kappa shape index (κ1) is 16.3. The number of fused-ring (bicyclic) bond motifs is 2. The summed E-state index contributed by atoms with van der Waals surface area (Å²) in [5.74, 6) is -1.26. The molecule has 5 nitrogen and oxygen atoms in total. The van der Waals surface area contributed by atoms with Crippen molar-refractivity contribution in [3.8, 4) is 0 Å². The number of esters is 2. The highest BCUT2D eigenvalue weighted by molar-refractivity contribution is 6.33. The van der Waals surface area contributed by atoms with E-state index in [1.807, 2.05) is 7.05 Å². The minimum absolute atomic E-state index is 0.0604. The molecule has 1 aromatic carbocycles. The van der Waals surface area contributed by atoms with Gasteiger partial charge < -0.3 is 9.47 Å². The van der Waals surface area contributed by atoms with Crippen molar-refractivity contribution in [1.29, 1.82) is 0 Å². The Hall–Kier alpha value is -1.59. The van der Waals surface area contributed by atoms with Gasteiger partial charge in [-0.05, 0) is 32.0 Å². The number of hydrogen-bond donors (Lipinski definition) is 0. The van der Waals surface area contributed by atoms with Crippen LogP contribution in [-0.4, -0.2) is 49.2 Å². The van der Waals surface area contributed by atoms with Crippen molar-refractivity contribution in [2.45, 2.75) is 37.5 Å². The van der Waals surface area contributed by atoms with Crippen LogP contribution in [0.25, 0.3) is 0 Å². The predicted molar refractivity (Wildman–Crippen MR) is 85.4 cm³/mol. The highest BCUT2D eigenvalue weighted by Crippen LogP contribution is 2.40. The summed E-state index contributed by atoms with van der Waals surface area (Å²) in [5, 5.41) is 0.350. The van der Waals surface area contributed by atoms with Gasteiger partial charge in [0.1, 0.15) is 12.0 Å². The molecule has 124 valence electrons. The van der Waals surface area contributed by atoms with Crippen LogP contribution in [0.15, 0.2) is 24.3 Å². The molecule has 0 aliphatic carbocycles. The highest BCUT2D eigenvalue weighted by Gasteiger charge is 2.51. The molecule has 0 aromatic heterocycles. The third-order valence-corrected chi connectivity index (χ3v) is 5.37. The van der Waals surface area contributed by atoms with Crippen molar-refractivity contribution < 1.29 is 19.1 Å². The first-order valence-electron chi connectivity index (χ1n) is 7.78. The van der Waals surface area contributed by atoms with E-state index in [1.54, 1.807) is 24.3 Å². The number of halogens is 1. The lowest BCUT2D eigenvalue weighted by Gasteiger charge is -2.40. The second kappa shape index (κ2) is 6.49. The van der Waals surface area contributed by atoms with Crippen molar-refractivity contribution in [1.82, 2.24) is 4.90 Å². The zero-order chi connectivity index (χ0) is 16.6. The van der Waals surface area contributed by atoms with E-state index >= 15 is 0 Å². The van der Waals surface area contributed by atoms with Gasteiger partial charge in [-0.25, -0.2) is 4.79 Å². The molecular formula is C17H20ClNO4. The molecule has 0 amide bonds. The molecule has 0 radical (unpaired) electrons. The van der Waals surface area contributed by atoms with Gasteiger partial charge in [0.2, 0.25) is 0 Å². The molecule has 3 rings (SSSR count). The van der Waals surface area contributed by atoms with E-state index in [4.69, 9.17) is 21.1 Å². The summed E-state index contributed by atoms with van der Waals surface area (Å²) in [6.45, 7) is 0. The lowest BCUT2D eigenvalue weighted by molar-refractivity contribution is -0.156. The average Bonchev–Trinajstić information content (AvgIpc) is 2.78. The highest BCUT2D eigenvalue weighted by atomic mass is 35.5. The molecule has 23 heavy (non-hydrogen) atoms. The average molecular weight is 338 g/mol. The second-order valence-corrected chi connectivity index (χ2v) is 6.58. The Kier molecular flexibility index (Phi) is 4.60. The van der Waals surface area contributed by atoms with Gasteiger partial charge in [-0.1, -0.05) is 23.7 Å². The number of rotatable bonds is 3. The third kappa shape index (κ3) is 2.95. The van der Waals surface area contributed by atoms with Crippen LogP contribution < -0.4 is 0 Å². The fourth-order valence-corrected chi connectivity index (χ4v) is 4.03. The molecule has 0 saturated carbocycles. The van der Waals surface area contributed by atoms with Crippen molar-refractivity contribution >= 4 is 23.5 Å². The second-order valence-electron chi connectivity index (χ2n) is 6.17. The van der Waals surface area contributed by atoms with Crippen LogP contribution >= 0.6 is 11.6 Å². The minimum atomic E-state index is -0.488. The number of piperidine rings is 1. The monoisotopic (exact) mass is 337 g/mol. The van der Waals surface area contributed by atoms with E-state index in [1.165, 1.54) is 7.11 Å². The number of methoxy groups -OCH3 is 1. The van der Waals surface area contributed by atoms with Crippen molar-refractivity contribution in [3.05, 3.63) is 34.9 Å². The van der Waals surface area contributed by atoms with Crippen LogP contribution in [0.5, 0.6) is 0 Å². The number of carbonyl (C=O) groups is 2. The molecule has 2 fully saturated rings. The van der Waals surface area contributed by atoms with Crippen LogP contribution in [0.2, 0.25) is 5.02 Å². The maximum Gasteiger partial charge on any atom is 0.339 e. The van der Waals surface area contributed by atoms with Crippen LogP contribution in [0.3, 0.4) is 0 Å². The molecule has 6 heteroatoms. The Labute approximate surface area is 140 Å². The molecule has 2 aliphatic heterocycles. The van der Waals surface area contributed by atoms with Crippen molar-refractivity contribution in [3.63, 3.8) is 0 Å². The lowest BCUT2D eigenvalue weighted by Crippen LogP contribution is -2.53. The minimum Gasteiger partial charge on any atom is -0.469 e.